The highest BCUT2D eigenvalue weighted by molar-refractivity contribution is 9.09. The van der Waals surface area contributed by atoms with E-state index in [0.717, 1.165) is 24.1 Å². The van der Waals surface area contributed by atoms with Gasteiger partial charge in [0.15, 0.2) is 0 Å². The van der Waals surface area contributed by atoms with Crippen LogP contribution < -0.4 is 5.32 Å². The lowest BCUT2D eigenvalue weighted by Crippen LogP contribution is -2.20. The Morgan fingerprint density at radius 3 is 3.18 bits per heavy atom. The first-order chi connectivity index (χ1) is 8.27. The van der Waals surface area contributed by atoms with Gasteiger partial charge in [-0.15, -0.1) is 0 Å². The number of aromatic amines is 1. The van der Waals surface area contributed by atoms with Crippen molar-refractivity contribution in [3.8, 4) is 6.07 Å². The predicted octanol–water partition coefficient (Wildman–Crippen LogP) is 2.01. The molecule has 4 nitrogen and oxygen atoms in total. The SMILES string of the molecule is C[C@@H](CCBr)[C@H]1CNCC1c1[nH]ncc1C#N. The van der Waals surface area contributed by atoms with Gasteiger partial charge in [-0.1, -0.05) is 22.9 Å². The summed E-state index contributed by atoms with van der Waals surface area (Å²) in [5.74, 6) is 1.62. The van der Waals surface area contributed by atoms with Crippen LogP contribution in [0.2, 0.25) is 0 Å². The second-order valence-corrected chi connectivity index (χ2v) is 5.49. The van der Waals surface area contributed by atoms with Crippen molar-refractivity contribution in [3.63, 3.8) is 0 Å². The fourth-order valence-electron chi connectivity index (χ4n) is 2.67. The van der Waals surface area contributed by atoms with Gasteiger partial charge < -0.3 is 5.32 Å². The molecule has 0 aromatic carbocycles. The summed E-state index contributed by atoms with van der Waals surface area (Å²) in [6.07, 6.45) is 2.79. The number of halogens is 1. The zero-order valence-corrected chi connectivity index (χ0v) is 11.5. The fourth-order valence-corrected chi connectivity index (χ4v) is 3.39. The van der Waals surface area contributed by atoms with Crippen LogP contribution in [-0.2, 0) is 0 Å². The van der Waals surface area contributed by atoms with Gasteiger partial charge in [-0.05, 0) is 24.8 Å². The van der Waals surface area contributed by atoms with Crippen LogP contribution in [0.15, 0.2) is 6.20 Å². The number of alkyl halides is 1. The Hall–Kier alpha value is -0.860. The van der Waals surface area contributed by atoms with Gasteiger partial charge in [0.1, 0.15) is 6.07 Å². The molecule has 1 aliphatic heterocycles. The molecule has 0 spiro atoms. The predicted molar refractivity (Wildman–Crippen MR) is 70.0 cm³/mol. The molecule has 1 fully saturated rings. The number of H-pyrrole nitrogens is 1. The molecule has 1 aromatic rings. The molecule has 1 unspecified atom stereocenters. The zero-order chi connectivity index (χ0) is 12.3. The first kappa shape index (κ1) is 12.6. The van der Waals surface area contributed by atoms with E-state index < -0.39 is 0 Å². The molecular weight excluding hydrogens is 280 g/mol. The second-order valence-electron chi connectivity index (χ2n) is 4.69. The number of rotatable bonds is 4. The van der Waals surface area contributed by atoms with E-state index in [0.29, 0.717) is 23.3 Å². The molecule has 0 amide bonds. The second kappa shape index (κ2) is 5.65. The Bertz CT molecular complexity index is 409. The van der Waals surface area contributed by atoms with Crippen molar-refractivity contribution in [2.75, 3.05) is 18.4 Å². The highest BCUT2D eigenvalue weighted by atomic mass is 79.9. The summed E-state index contributed by atoms with van der Waals surface area (Å²) in [5, 5.41) is 20.5. The lowest BCUT2D eigenvalue weighted by molar-refractivity contribution is 0.344. The largest absolute Gasteiger partial charge is 0.316 e. The van der Waals surface area contributed by atoms with E-state index in [2.05, 4.69) is 44.4 Å². The van der Waals surface area contributed by atoms with Crippen molar-refractivity contribution in [1.82, 2.24) is 15.5 Å². The summed E-state index contributed by atoms with van der Waals surface area (Å²) in [6.45, 7) is 4.26. The van der Waals surface area contributed by atoms with Crippen molar-refractivity contribution >= 4 is 15.9 Å². The molecule has 3 atom stereocenters. The Labute approximate surface area is 110 Å². The smallest absolute Gasteiger partial charge is 0.103 e. The molecule has 1 aromatic heterocycles. The lowest BCUT2D eigenvalue weighted by atomic mass is 9.81. The molecule has 0 radical (unpaired) electrons. The monoisotopic (exact) mass is 296 g/mol. The van der Waals surface area contributed by atoms with E-state index >= 15 is 0 Å². The number of hydrogen-bond donors (Lipinski definition) is 2. The Morgan fingerprint density at radius 1 is 1.65 bits per heavy atom. The highest BCUT2D eigenvalue weighted by Crippen LogP contribution is 2.35. The number of nitrogens with zero attached hydrogens (tertiary/aromatic N) is 2. The van der Waals surface area contributed by atoms with E-state index in [-0.39, 0.29) is 0 Å². The van der Waals surface area contributed by atoms with Crippen molar-refractivity contribution in [2.24, 2.45) is 11.8 Å². The molecule has 5 heteroatoms. The van der Waals surface area contributed by atoms with Crippen LogP contribution in [-0.4, -0.2) is 28.6 Å². The number of nitriles is 1. The molecule has 17 heavy (non-hydrogen) atoms. The fraction of sp³-hybridized carbons (Fsp3) is 0.667. The quantitative estimate of drug-likeness (QED) is 0.836. The summed E-state index contributed by atoms with van der Waals surface area (Å²) >= 11 is 3.50. The highest BCUT2D eigenvalue weighted by Gasteiger charge is 2.34. The van der Waals surface area contributed by atoms with Gasteiger partial charge in [-0.2, -0.15) is 10.4 Å². The van der Waals surface area contributed by atoms with Gasteiger partial charge in [0.25, 0.3) is 0 Å². The van der Waals surface area contributed by atoms with Crippen LogP contribution in [0.5, 0.6) is 0 Å². The topological polar surface area (TPSA) is 64.5 Å². The third-order valence-electron chi connectivity index (χ3n) is 3.72. The molecule has 2 N–H and O–H groups in total. The maximum absolute atomic E-state index is 9.06. The summed E-state index contributed by atoms with van der Waals surface area (Å²) in [4.78, 5) is 0. The number of hydrogen-bond acceptors (Lipinski definition) is 3. The van der Waals surface area contributed by atoms with Crippen molar-refractivity contribution in [2.45, 2.75) is 19.3 Å². The van der Waals surface area contributed by atoms with E-state index in [1.54, 1.807) is 6.20 Å². The van der Waals surface area contributed by atoms with Gasteiger partial charge >= 0.3 is 0 Å². The van der Waals surface area contributed by atoms with Crippen LogP contribution in [0.1, 0.15) is 30.5 Å². The molecule has 92 valence electrons. The standard InChI is InChI=1S/C12H17BrN4/c1-8(2-3-13)10-6-15-7-11(10)12-9(4-14)5-16-17-12/h5,8,10-11,15H,2-3,6-7H2,1H3,(H,16,17)/t8-,10+,11?/m0/s1. The zero-order valence-electron chi connectivity index (χ0n) is 9.91. The van der Waals surface area contributed by atoms with E-state index in [1.165, 1.54) is 6.42 Å². The Balaban J connectivity index is 2.17. The summed E-state index contributed by atoms with van der Waals surface area (Å²) in [6, 6.07) is 2.21. The van der Waals surface area contributed by atoms with Crippen LogP contribution in [0.4, 0.5) is 0 Å². The van der Waals surface area contributed by atoms with Crippen molar-refractivity contribution in [1.29, 1.82) is 5.26 Å². The third kappa shape index (κ3) is 2.53. The van der Waals surface area contributed by atoms with Crippen LogP contribution >= 0.6 is 15.9 Å². The molecule has 1 aliphatic rings. The molecule has 0 bridgehead atoms. The van der Waals surface area contributed by atoms with Gasteiger partial charge in [0, 0.05) is 17.8 Å². The minimum atomic E-state index is 0.390. The van der Waals surface area contributed by atoms with Crippen molar-refractivity contribution in [3.05, 3.63) is 17.5 Å². The molecule has 2 rings (SSSR count). The van der Waals surface area contributed by atoms with Crippen LogP contribution in [0.25, 0.3) is 0 Å². The number of nitrogens with one attached hydrogen (secondary N) is 2. The van der Waals surface area contributed by atoms with E-state index in [1.807, 2.05) is 0 Å². The lowest BCUT2D eigenvalue weighted by Gasteiger charge is -2.23. The minimum Gasteiger partial charge on any atom is -0.316 e. The Kier molecular flexibility index (Phi) is 4.19. The van der Waals surface area contributed by atoms with Crippen molar-refractivity contribution < 1.29 is 0 Å². The molecule has 2 heterocycles. The summed E-state index contributed by atoms with van der Waals surface area (Å²) in [5.41, 5.74) is 1.69. The molecule has 1 saturated heterocycles. The molecule has 0 saturated carbocycles. The minimum absolute atomic E-state index is 0.390. The van der Waals surface area contributed by atoms with Gasteiger partial charge in [-0.25, -0.2) is 0 Å². The van der Waals surface area contributed by atoms with Crippen LogP contribution in [0, 0.1) is 23.2 Å². The first-order valence-corrected chi connectivity index (χ1v) is 7.10. The van der Waals surface area contributed by atoms with Gasteiger partial charge in [0.05, 0.1) is 17.5 Å². The average Bonchev–Trinajstić information content (AvgIpc) is 2.97. The summed E-state index contributed by atoms with van der Waals surface area (Å²) < 4.78 is 0. The molecular formula is C12H17BrN4. The maximum Gasteiger partial charge on any atom is 0.103 e. The summed E-state index contributed by atoms with van der Waals surface area (Å²) in [7, 11) is 0. The Morgan fingerprint density at radius 2 is 2.47 bits per heavy atom. The maximum atomic E-state index is 9.06. The van der Waals surface area contributed by atoms with Crippen LogP contribution in [0.3, 0.4) is 0 Å². The molecule has 0 aliphatic carbocycles. The van der Waals surface area contributed by atoms with E-state index in [9.17, 15) is 0 Å². The van der Waals surface area contributed by atoms with E-state index in [4.69, 9.17) is 5.26 Å². The third-order valence-corrected chi connectivity index (χ3v) is 4.17. The normalized spacial score (nSPS) is 25.7. The average molecular weight is 297 g/mol. The first-order valence-electron chi connectivity index (χ1n) is 5.98. The number of aromatic nitrogens is 2. The van der Waals surface area contributed by atoms with Gasteiger partial charge in [-0.3, -0.25) is 5.10 Å². The van der Waals surface area contributed by atoms with Gasteiger partial charge in [0.2, 0.25) is 0 Å².